The van der Waals surface area contributed by atoms with E-state index in [1.54, 1.807) is 0 Å². The molecule has 136 valence electrons. The van der Waals surface area contributed by atoms with E-state index >= 15 is 0 Å². The average Bonchev–Trinajstić information content (AvgIpc) is 3.03. The summed E-state index contributed by atoms with van der Waals surface area (Å²) in [5.41, 5.74) is 0.789. The molecule has 0 aliphatic heterocycles. The molecule has 3 heteroatoms. The standard InChI is InChI=1S/C21H35NO2/c1-13(2)15-7-8-16-14-5-6-18-19(22(23)24)10-12-21(18,4)17(14)9-11-20(15,16)3/h13-19H,5-12H2,1-4H3. The molecule has 0 spiro atoms. The summed E-state index contributed by atoms with van der Waals surface area (Å²) in [6, 6.07) is -0.253. The van der Waals surface area contributed by atoms with Gasteiger partial charge in [0, 0.05) is 17.3 Å². The molecule has 0 aromatic heterocycles. The Morgan fingerprint density at radius 3 is 2.17 bits per heavy atom. The fraction of sp³-hybridized carbons (Fsp3) is 1.00. The minimum atomic E-state index is -0.253. The Morgan fingerprint density at radius 2 is 1.50 bits per heavy atom. The van der Waals surface area contributed by atoms with E-state index < -0.39 is 0 Å². The highest BCUT2D eigenvalue weighted by atomic mass is 16.6. The SMILES string of the molecule is CC(C)C1CCC2C3CCC4C([N+](=O)[O-])CCC4(C)C3CCC12C. The topological polar surface area (TPSA) is 43.1 Å². The maximum absolute atomic E-state index is 11.5. The lowest BCUT2D eigenvalue weighted by molar-refractivity contribution is -0.532. The minimum absolute atomic E-state index is 0.0492. The molecular weight excluding hydrogens is 298 g/mol. The van der Waals surface area contributed by atoms with Gasteiger partial charge in [0.15, 0.2) is 0 Å². The summed E-state index contributed by atoms with van der Waals surface area (Å²) in [6.45, 7) is 9.85. The van der Waals surface area contributed by atoms with E-state index in [1.165, 1.54) is 32.1 Å². The molecule has 0 N–H and O–H groups in total. The molecule has 24 heavy (non-hydrogen) atoms. The fourth-order valence-electron chi connectivity index (χ4n) is 8.54. The molecule has 0 heterocycles. The van der Waals surface area contributed by atoms with Gasteiger partial charge in [-0.25, -0.2) is 0 Å². The van der Waals surface area contributed by atoms with Crippen LogP contribution in [0.25, 0.3) is 0 Å². The second kappa shape index (κ2) is 5.45. The molecule has 3 nitrogen and oxygen atoms in total. The Hall–Kier alpha value is -0.600. The van der Waals surface area contributed by atoms with Crippen LogP contribution in [0.3, 0.4) is 0 Å². The normalized spacial score (nSPS) is 53.5. The minimum Gasteiger partial charge on any atom is -0.264 e. The van der Waals surface area contributed by atoms with Gasteiger partial charge in [0.1, 0.15) is 0 Å². The summed E-state index contributed by atoms with van der Waals surface area (Å²) in [4.78, 5) is 11.6. The molecule has 8 unspecified atom stereocenters. The maximum Gasteiger partial charge on any atom is 0.216 e. The summed E-state index contributed by atoms with van der Waals surface area (Å²) >= 11 is 0. The zero-order valence-corrected chi connectivity index (χ0v) is 16.0. The van der Waals surface area contributed by atoms with Crippen molar-refractivity contribution in [3.05, 3.63) is 10.1 Å². The first-order valence-electron chi connectivity index (χ1n) is 10.4. The number of nitrogens with zero attached hydrogens (tertiary/aromatic N) is 1. The van der Waals surface area contributed by atoms with E-state index in [0.717, 1.165) is 48.9 Å². The molecule has 0 amide bonds. The molecule has 0 aromatic carbocycles. The van der Waals surface area contributed by atoms with Crippen LogP contribution < -0.4 is 0 Å². The molecule has 0 aromatic rings. The predicted molar refractivity (Wildman–Crippen MR) is 96.2 cm³/mol. The monoisotopic (exact) mass is 333 g/mol. The zero-order chi connectivity index (χ0) is 17.3. The van der Waals surface area contributed by atoms with E-state index in [1.807, 2.05) is 0 Å². The quantitative estimate of drug-likeness (QED) is 0.490. The Kier molecular flexibility index (Phi) is 3.82. The van der Waals surface area contributed by atoms with Crippen LogP contribution in [0.5, 0.6) is 0 Å². The van der Waals surface area contributed by atoms with Crippen molar-refractivity contribution in [3.63, 3.8) is 0 Å². The molecule has 4 saturated carbocycles. The molecule has 0 saturated heterocycles. The molecule has 4 rings (SSSR count). The summed E-state index contributed by atoms with van der Waals surface area (Å²) in [5.74, 6) is 4.53. The van der Waals surface area contributed by atoms with Crippen LogP contribution in [-0.4, -0.2) is 11.0 Å². The molecule has 0 bridgehead atoms. The van der Waals surface area contributed by atoms with Crippen LogP contribution >= 0.6 is 0 Å². The van der Waals surface area contributed by atoms with Gasteiger partial charge in [-0.2, -0.15) is 0 Å². The first kappa shape index (κ1) is 16.8. The second-order valence-corrected chi connectivity index (χ2v) is 10.4. The Bertz CT molecular complexity index is 532. The van der Waals surface area contributed by atoms with E-state index in [0.29, 0.717) is 11.3 Å². The molecule has 4 fully saturated rings. The molecule has 4 aliphatic rings. The summed E-state index contributed by atoms with van der Waals surface area (Å²) in [7, 11) is 0. The van der Waals surface area contributed by atoms with Crippen molar-refractivity contribution in [1.82, 2.24) is 0 Å². The van der Waals surface area contributed by atoms with Crippen molar-refractivity contribution >= 4 is 0 Å². The molecule has 0 radical (unpaired) electrons. The molecular formula is C21H35NO2. The third-order valence-electron chi connectivity index (χ3n) is 9.53. The van der Waals surface area contributed by atoms with Gasteiger partial charge in [-0.05, 0) is 85.4 Å². The summed E-state index contributed by atoms with van der Waals surface area (Å²) in [5, 5.41) is 11.5. The van der Waals surface area contributed by atoms with Gasteiger partial charge in [-0.1, -0.05) is 27.7 Å². The van der Waals surface area contributed by atoms with Crippen molar-refractivity contribution in [1.29, 1.82) is 0 Å². The number of hydrogen-bond donors (Lipinski definition) is 0. The van der Waals surface area contributed by atoms with Crippen LogP contribution in [0.4, 0.5) is 0 Å². The number of nitro groups is 1. The first-order valence-corrected chi connectivity index (χ1v) is 10.4. The summed E-state index contributed by atoms with van der Waals surface area (Å²) in [6.07, 6.45) is 9.84. The van der Waals surface area contributed by atoms with Crippen LogP contribution in [-0.2, 0) is 0 Å². The lowest BCUT2D eigenvalue weighted by Crippen LogP contribution is -2.52. The van der Waals surface area contributed by atoms with Crippen molar-refractivity contribution < 1.29 is 4.92 Å². The second-order valence-electron chi connectivity index (χ2n) is 10.4. The van der Waals surface area contributed by atoms with Gasteiger partial charge in [-0.15, -0.1) is 0 Å². The Balaban J connectivity index is 1.61. The highest BCUT2D eigenvalue weighted by Gasteiger charge is 2.63. The van der Waals surface area contributed by atoms with Gasteiger partial charge < -0.3 is 0 Å². The van der Waals surface area contributed by atoms with Gasteiger partial charge in [0.25, 0.3) is 0 Å². The van der Waals surface area contributed by atoms with E-state index in [4.69, 9.17) is 0 Å². The Labute approximate surface area is 147 Å². The number of rotatable bonds is 2. The van der Waals surface area contributed by atoms with Crippen molar-refractivity contribution in [2.24, 2.45) is 46.3 Å². The van der Waals surface area contributed by atoms with E-state index in [9.17, 15) is 10.1 Å². The smallest absolute Gasteiger partial charge is 0.216 e. The van der Waals surface area contributed by atoms with Crippen LogP contribution in [0.2, 0.25) is 0 Å². The van der Waals surface area contributed by atoms with E-state index in [-0.39, 0.29) is 16.4 Å². The van der Waals surface area contributed by atoms with Gasteiger partial charge in [0.2, 0.25) is 6.04 Å². The Morgan fingerprint density at radius 1 is 0.875 bits per heavy atom. The average molecular weight is 334 g/mol. The van der Waals surface area contributed by atoms with Crippen molar-refractivity contribution in [2.75, 3.05) is 0 Å². The largest absolute Gasteiger partial charge is 0.264 e. The third-order valence-corrected chi connectivity index (χ3v) is 9.53. The fourth-order valence-corrected chi connectivity index (χ4v) is 8.54. The van der Waals surface area contributed by atoms with Crippen LogP contribution in [0.15, 0.2) is 0 Å². The first-order chi connectivity index (χ1) is 11.3. The maximum atomic E-state index is 11.5. The number of fused-ring (bicyclic) bond motifs is 5. The van der Waals surface area contributed by atoms with Gasteiger partial charge >= 0.3 is 0 Å². The highest BCUT2D eigenvalue weighted by molar-refractivity contribution is 5.11. The van der Waals surface area contributed by atoms with Crippen LogP contribution in [0.1, 0.15) is 79.1 Å². The lowest BCUT2D eigenvalue weighted by atomic mass is 9.47. The number of hydrogen-bond acceptors (Lipinski definition) is 2. The van der Waals surface area contributed by atoms with E-state index in [2.05, 4.69) is 27.7 Å². The summed E-state index contributed by atoms with van der Waals surface area (Å²) < 4.78 is 0. The molecule has 8 atom stereocenters. The lowest BCUT2D eigenvalue weighted by Gasteiger charge is -2.57. The van der Waals surface area contributed by atoms with Crippen molar-refractivity contribution in [3.8, 4) is 0 Å². The third kappa shape index (κ3) is 2.08. The van der Waals surface area contributed by atoms with Gasteiger partial charge in [-0.3, -0.25) is 10.1 Å². The van der Waals surface area contributed by atoms with Gasteiger partial charge in [0.05, 0.1) is 0 Å². The molecule has 4 aliphatic carbocycles. The highest BCUT2D eigenvalue weighted by Crippen LogP contribution is 2.68. The van der Waals surface area contributed by atoms with Crippen molar-refractivity contribution in [2.45, 2.75) is 85.1 Å². The zero-order valence-electron chi connectivity index (χ0n) is 16.0. The van der Waals surface area contributed by atoms with Crippen LogP contribution in [0, 0.1) is 56.5 Å². The predicted octanol–water partition coefficient (Wildman–Crippen LogP) is 5.56.